The molecule has 1 aromatic rings. The average Bonchev–Trinajstić information content (AvgIpc) is 2.79. The van der Waals surface area contributed by atoms with Crippen molar-refractivity contribution in [2.75, 3.05) is 26.9 Å². The number of carbonyl (C=O) groups excluding carboxylic acids is 3. The minimum absolute atomic E-state index is 0.132. The highest BCUT2D eigenvalue weighted by Gasteiger charge is 2.24. The van der Waals surface area contributed by atoms with Crippen molar-refractivity contribution in [3.8, 4) is 0 Å². The Morgan fingerprint density at radius 2 is 1.83 bits per heavy atom. The Bertz CT molecular complexity index is 606. The van der Waals surface area contributed by atoms with E-state index in [9.17, 15) is 14.4 Å². The number of H-pyrrole nitrogens is 1. The number of methoxy groups -OCH3 is 1. The quantitative estimate of drug-likeness (QED) is 0.542. The lowest BCUT2D eigenvalue weighted by Gasteiger charge is -2.08. The molecule has 0 atom stereocenters. The maximum Gasteiger partial charge on any atom is 0.355 e. The van der Waals surface area contributed by atoms with E-state index in [1.807, 2.05) is 0 Å². The van der Waals surface area contributed by atoms with E-state index < -0.39 is 24.5 Å². The normalized spacial score (nSPS) is 10.6. The minimum Gasteiger partial charge on any atom is -0.459 e. The van der Waals surface area contributed by atoms with Crippen LogP contribution in [0, 0.1) is 13.8 Å². The van der Waals surface area contributed by atoms with Crippen molar-refractivity contribution in [3.63, 3.8) is 0 Å². The molecule has 1 amide bonds. The van der Waals surface area contributed by atoms with Crippen LogP contribution in [0.4, 0.5) is 0 Å². The lowest BCUT2D eigenvalue weighted by Crippen LogP contribution is -2.31. The Balaban J connectivity index is 2.72. The number of carbonyl (C=O) groups is 3. The van der Waals surface area contributed by atoms with Gasteiger partial charge in [0, 0.05) is 19.3 Å². The summed E-state index contributed by atoms with van der Waals surface area (Å²) >= 11 is 0. The number of aromatic nitrogens is 1. The molecule has 2 N–H and O–H groups in total. The number of hydrogen-bond donors (Lipinski definition) is 2. The summed E-state index contributed by atoms with van der Waals surface area (Å²) in [7, 11) is 1.52. The number of ether oxygens (including phenoxy) is 3. The molecule has 0 aliphatic carbocycles. The van der Waals surface area contributed by atoms with Gasteiger partial charge >= 0.3 is 11.9 Å². The largest absolute Gasteiger partial charge is 0.459 e. The first-order valence-electron chi connectivity index (χ1n) is 7.60. The lowest BCUT2D eigenvalue weighted by atomic mass is 10.1. The standard InChI is InChI=1S/C16H24N2O6/c1-9(2)24-15(20)13-10(3)14(18-11(13)4)16(21)23-8-12(19)17-6-7-22-5/h9,18H,6-8H2,1-5H3,(H,17,19). The van der Waals surface area contributed by atoms with Crippen LogP contribution in [0.25, 0.3) is 0 Å². The van der Waals surface area contributed by atoms with Crippen LogP contribution in [-0.4, -0.2) is 55.8 Å². The van der Waals surface area contributed by atoms with Gasteiger partial charge in [-0.15, -0.1) is 0 Å². The fourth-order valence-electron chi connectivity index (χ4n) is 2.08. The monoisotopic (exact) mass is 340 g/mol. The van der Waals surface area contributed by atoms with Gasteiger partial charge in [-0.05, 0) is 33.3 Å². The van der Waals surface area contributed by atoms with Gasteiger partial charge < -0.3 is 24.5 Å². The maximum absolute atomic E-state index is 12.1. The first-order chi connectivity index (χ1) is 11.3. The SMILES string of the molecule is COCCNC(=O)COC(=O)c1[nH]c(C)c(C(=O)OC(C)C)c1C. The van der Waals surface area contributed by atoms with Crippen LogP contribution in [0.5, 0.6) is 0 Å². The summed E-state index contributed by atoms with van der Waals surface area (Å²) in [5.74, 6) is -1.64. The molecule has 0 unspecified atom stereocenters. The second-order valence-corrected chi connectivity index (χ2v) is 5.50. The van der Waals surface area contributed by atoms with Gasteiger partial charge in [0.1, 0.15) is 5.69 Å². The highest BCUT2D eigenvalue weighted by Crippen LogP contribution is 2.20. The highest BCUT2D eigenvalue weighted by atomic mass is 16.5. The van der Waals surface area contributed by atoms with Crippen LogP contribution in [0.1, 0.15) is 46.0 Å². The van der Waals surface area contributed by atoms with Crippen molar-refractivity contribution in [3.05, 3.63) is 22.5 Å². The zero-order chi connectivity index (χ0) is 18.3. The van der Waals surface area contributed by atoms with Crippen LogP contribution >= 0.6 is 0 Å². The third-order valence-electron chi connectivity index (χ3n) is 3.15. The summed E-state index contributed by atoms with van der Waals surface area (Å²) in [4.78, 5) is 38.5. The molecule has 0 spiro atoms. The number of esters is 2. The Labute approximate surface area is 140 Å². The van der Waals surface area contributed by atoms with Crippen molar-refractivity contribution in [1.82, 2.24) is 10.3 Å². The van der Waals surface area contributed by atoms with Crippen LogP contribution in [0.15, 0.2) is 0 Å². The molecule has 134 valence electrons. The van der Waals surface area contributed by atoms with Crippen LogP contribution in [0.3, 0.4) is 0 Å². The first-order valence-corrected chi connectivity index (χ1v) is 7.60. The molecule has 0 aliphatic heterocycles. The van der Waals surface area contributed by atoms with Gasteiger partial charge in [-0.2, -0.15) is 0 Å². The Morgan fingerprint density at radius 3 is 2.42 bits per heavy atom. The Morgan fingerprint density at radius 1 is 1.17 bits per heavy atom. The second kappa shape index (κ2) is 9.07. The summed E-state index contributed by atoms with van der Waals surface area (Å²) in [6, 6.07) is 0. The van der Waals surface area contributed by atoms with Gasteiger partial charge in [0.15, 0.2) is 6.61 Å². The van der Waals surface area contributed by atoms with Gasteiger partial charge in [0.2, 0.25) is 0 Å². The smallest absolute Gasteiger partial charge is 0.355 e. The number of hydrogen-bond acceptors (Lipinski definition) is 6. The molecule has 0 aromatic carbocycles. The molecular formula is C16H24N2O6. The molecule has 1 heterocycles. The van der Waals surface area contributed by atoms with E-state index in [0.29, 0.717) is 30.0 Å². The molecule has 24 heavy (non-hydrogen) atoms. The van der Waals surface area contributed by atoms with Gasteiger partial charge in [-0.3, -0.25) is 4.79 Å². The molecule has 1 rings (SSSR count). The second-order valence-electron chi connectivity index (χ2n) is 5.50. The van der Waals surface area contributed by atoms with E-state index >= 15 is 0 Å². The number of amides is 1. The van der Waals surface area contributed by atoms with E-state index in [0.717, 1.165) is 0 Å². The first kappa shape index (κ1) is 19.7. The summed E-state index contributed by atoms with van der Waals surface area (Å²) in [5.41, 5.74) is 1.38. The summed E-state index contributed by atoms with van der Waals surface area (Å²) in [6.07, 6.45) is -0.266. The Hall–Kier alpha value is -2.35. The molecule has 8 nitrogen and oxygen atoms in total. The molecule has 0 saturated heterocycles. The highest BCUT2D eigenvalue weighted by molar-refractivity contribution is 5.99. The van der Waals surface area contributed by atoms with Gasteiger partial charge in [0.05, 0.1) is 18.3 Å². The zero-order valence-corrected chi connectivity index (χ0v) is 14.6. The van der Waals surface area contributed by atoms with Crippen molar-refractivity contribution in [2.45, 2.75) is 33.8 Å². The fraction of sp³-hybridized carbons (Fsp3) is 0.562. The summed E-state index contributed by atoms with van der Waals surface area (Å²) in [6.45, 7) is 7.06. The molecule has 0 aliphatic rings. The summed E-state index contributed by atoms with van der Waals surface area (Å²) < 4.78 is 14.9. The average molecular weight is 340 g/mol. The molecule has 0 bridgehead atoms. The van der Waals surface area contributed by atoms with Crippen molar-refractivity contribution >= 4 is 17.8 Å². The molecule has 0 saturated carbocycles. The van der Waals surface area contributed by atoms with E-state index in [-0.39, 0.29) is 11.8 Å². The maximum atomic E-state index is 12.1. The van der Waals surface area contributed by atoms with Crippen LogP contribution in [0.2, 0.25) is 0 Å². The van der Waals surface area contributed by atoms with E-state index in [2.05, 4.69) is 10.3 Å². The number of rotatable bonds is 8. The number of aryl methyl sites for hydroxylation is 1. The third-order valence-corrected chi connectivity index (χ3v) is 3.15. The van der Waals surface area contributed by atoms with Crippen molar-refractivity contribution in [1.29, 1.82) is 0 Å². The topological polar surface area (TPSA) is 107 Å². The fourth-order valence-corrected chi connectivity index (χ4v) is 2.08. The van der Waals surface area contributed by atoms with E-state index in [1.165, 1.54) is 7.11 Å². The number of aromatic amines is 1. The number of nitrogens with one attached hydrogen (secondary N) is 2. The predicted octanol–water partition coefficient (Wildman–Crippen LogP) is 1.12. The molecule has 0 radical (unpaired) electrons. The van der Waals surface area contributed by atoms with Crippen LogP contribution < -0.4 is 5.32 Å². The molecule has 1 aromatic heterocycles. The molecule has 0 fully saturated rings. The van der Waals surface area contributed by atoms with Gasteiger partial charge in [-0.1, -0.05) is 0 Å². The minimum atomic E-state index is -0.707. The summed E-state index contributed by atoms with van der Waals surface area (Å²) in [5, 5.41) is 2.54. The Kier molecular flexibility index (Phi) is 7.44. The van der Waals surface area contributed by atoms with Gasteiger partial charge in [0.25, 0.3) is 5.91 Å². The molecular weight excluding hydrogens is 316 g/mol. The van der Waals surface area contributed by atoms with Gasteiger partial charge in [-0.25, -0.2) is 9.59 Å². The van der Waals surface area contributed by atoms with E-state index in [1.54, 1.807) is 27.7 Å². The zero-order valence-electron chi connectivity index (χ0n) is 14.6. The third kappa shape index (κ3) is 5.38. The lowest BCUT2D eigenvalue weighted by molar-refractivity contribution is -0.124. The molecule has 8 heteroatoms. The van der Waals surface area contributed by atoms with Crippen molar-refractivity contribution in [2.24, 2.45) is 0 Å². The predicted molar refractivity (Wildman–Crippen MR) is 86.0 cm³/mol. The van der Waals surface area contributed by atoms with Crippen LogP contribution in [-0.2, 0) is 19.0 Å². The van der Waals surface area contributed by atoms with E-state index in [4.69, 9.17) is 14.2 Å². The van der Waals surface area contributed by atoms with Crippen molar-refractivity contribution < 1.29 is 28.6 Å².